The molecule has 0 radical (unpaired) electrons. The number of anilines is 1. The normalized spacial score (nSPS) is 11.5. The van der Waals surface area contributed by atoms with Gasteiger partial charge in [0.05, 0.1) is 24.4 Å². The molecule has 2 aromatic heterocycles. The Hall–Kier alpha value is -4.06. The Morgan fingerprint density at radius 3 is 2.54 bits per heavy atom. The van der Waals surface area contributed by atoms with E-state index in [0.717, 1.165) is 5.56 Å². The molecule has 2 heterocycles. The molecule has 11 heteroatoms. The predicted octanol–water partition coefficient (Wildman–Crippen LogP) is 5.09. The van der Waals surface area contributed by atoms with E-state index in [9.17, 15) is 10.4 Å². The fourth-order valence-electron chi connectivity index (χ4n) is 3.48. The van der Waals surface area contributed by atoms with Gasteiger partial charge in [0.2, 0.25) is 5.69 Å². The molecule has 0 fully saturated rings. The van der Waals surface area contributed by atoms with Crippen molar-refractivity contribution in [2.75, 3.05) is 18.9 Å². The van der Waals surface area contributed by atoms with Crippen molar-refractivity contribution in [2.24, 2.45) is 0 Å². The lowest BCUT2D eigenvalue weighted by molar-refractivity contribution is 0.0536. The number of ether oxygens (including phenoxy) is 1. The van der Waals surface area contributed by atoms with Crippen LogP contribution in [0.1, 0.15) is 11.3 Å². The fraction of sp³-hybridized carbons (Fsp3) is 0.154. The molecule has 0 aliphatic rings. The Morgan fingerprint density at radius 2 is 1.89 bits per heavy atom. The number of hydrogen-bond donors (Lipinski definition) is 3. The van der Waals surface area contributed by atoms with Gasteiger partial charge in [-0.2, -0.15) is 5.26 Å². The molecule has 0 saturated carbocycles. The lowest BCUT2D eigenvalue weighted by Gasteiger charge is -2.14. The summed E-state index contributed by atoms with van der Waals surface area (Å²) in [6, 6.07) is 16.0. The van der Waals surface area contributed by atoms with Crippen molar-refractivity contribution >= 4 is 34.9 Å². The molecular formula is C26H20ClN5O4S. The van der Waals surface area contributed by atoms with Crippen molar-refractivity contribution in [3.05, 3.63) is 82.6 Å². The summed E-state index contributed by atoms with van der Waals surface area (Å²) in [5.74, 6) is 1.38. The Morgan fingerprint density at radius 1 is 1.19 bits per heavy atom. The number of pyridine rings is 1. The molecule has 1 atom stereocenters. The molecule has 0 aliphatic heterocycles. The van der Waals surface area contributed by atoms with Crippen LogP contribution in [0.15, 0.2) is 64.4 Å². The monoisotopic (exact) mass is 533 g/mol. The number of thioether (sulfide) groups is 1. The van der Waals surface area contributed by atoms with Gasteiger partial charge in [0, 0.05) is 21.9 Å². The largest absolute Gasteiger partial charge is 0.491 e. The summed E-state index contributed by atoms with van der Waals surface area (Å²) in [6.07, 6.45) is 0.354. The molecule has 0 aliphatic carbocycles. The maximum Gasteiger partial charge on any atom is 0.236 e. The topological polar surface area (TPSA) is 143 Å². The number of aromatic nitrogens is 2. The molecule has 0 spiro atoms. The molecule has 0 amide bonds. The van der Waals surface area contributed by atoms with Crippen molar-refractivity contribution in [2.45, 2.75) is 16.9 Å². The van der Waals surface area contributed by atoms with Gasteiger partial charge < -0.3 is 25.1 Å². The van der Waals surface area contributed by atoms with Gasteiger partial charge in [-0.25, -0.2) is 14.8 Å². The molecule has 186 valence electrons. The first-order valence-corrected chi connectivity index (χ1v) is 12.3. The summed E-state index contributed by atoms with van der Waals surface area (Å²) in [6.45, 7) is 7.14. The van der Waals surface area contributed by atoms with Crippen molar-refractivity contribution < 1.29 is 19.4 Å². The van der Waals surface area contributed by atoms with Crippen molar-refractivity contribution in [3.63, 3.8) is 0 Å². The van der Waals surface area contributed by atoms with Gasteiger partial charge in [-0.15, -0.1) is 0 Å². The maximum atomic E-state index is 10.0. The fourth-order valence-corrected chi connectivity index (χ4v) is 4.54. The number of nitrogens with zero attached hydrogens (tertiary/aromatic N) is 4. The van der Waals surface area contributed by atoms with Gasteiger partial charge in [0.15, 0.2) is 12.2 Å². The highest BCUT2D eigenvalue weighted by Gasteiger charge is 2.22. The van der Waals surface area contributed by atoms with Crippen LogP contribution in [0.25, 0.3) is 27.3 Å². The lowest BCUT2D eigenvalue weighted by Crippen LogP contribution is -2.21. The van der Waals surface area contributed by atoms with Crippen LogP contribution in [0.2, 0.25) is 5.02 Å². The zero-order valence-electron chi connectivity index (χ0n) is 19.3. The third kappa shape index (κ3) is 5.85. The van der Waals surface area contributed by atoms with E-state index in [4.69, 9.17) is 38.2 Å². The van der Waals surface area contributed by atoms with Gasteiger partial charge in [-0.05, 0) is 42.0 Å². The van der Waals surface area contributed by atoms with E-state index in [0.29, 0.717) is 44.1 Å². The zero-order valence-corrected chi connectivity index (χ0v) is 20.8. The van der Waals surface area contributed by atoms with Crippen LogP contribution in [-0.2, 0) is 5.75 Å². The summed E-state index contributed by atoms with van der Waals surface area (Å²) in [4.78, 5) is 12.2. The zero-order chi connectivity index (χ0) is 26.4. The number of nitriles is 1. The van der Waals surface area contributed by atoms with Crippen LogP contribution >= 0.6 is 23.4 Å². The summed E-state index contributed by atoms with van der Waals surface area (Å²) >= 11 is 7.25. The summed E-state index contributed by atoms with van der Waals surface area (Å²) in [5, 5.41) is 29.4. The van der Waals surface area contributed by atoms with Crippen LogP contribution in [0.3, 0.4) is 0 Å². The van der Waals surface area contributed by atoms with E-state index in [1.807, 2.05) is 12.1 Å². The van der Waals surface area contributed by atoms with E-state index in [-0.39, 0.29) is 23.7 Å². The Kier molecular flexibility index (Phi) is 8.29. The van der Waals surface area contributed by atoms with E-state index in [1.54, 1.807) is 36.4 Å². The number of aliphatic hydroxyl groups is 2. The summed E-state index contributed by atoms with van der Waals surface area (Å²) < 4.78 is 11.0. The number of nitrogens with two attached hydrogens (primary N) is 1. The minimum Gasteiger partial charge on any atom is -0.491 e. The molecule has 0 unspecified atom stereocenters. The van der Waals surface area contributed by atoms with Crippen molar-refractivity contribution in [1.29, 1.82) is 5.26 Å². The van der Waals surface area contributed by atoms with Gasteiger partial charge >= 0.3 is 0 Å². The second-order valence-electron chi connectivity index (χ2n) is 7.72. The lowest BCUT2D eigenvalue weighted by atomic mass is 10.00. The van der Waals surface area contributed by atoms with Crippen LogP contribution in [-0.4, -0.2) is 39.5 Å². The molecule has 4 N–H and O–H groups in total. The first-order valence-electron chi connectivity index (χ1n) is 10.9. The standard InChI is InChI=1S/C26H20ClN5O4S/c1-30-23-22(15-4-8-19(9-5-15)35-12-18(34)11-33)20(10-28)26(32-25(23)29)37-13-21-24(36-14-31-21)16-2-6-17(27)7-3-16/h2-9,14,18,33-34H,11-13H2,(H2,29,32)/t18-/m0/s1. The average molecular weight is 534 g/mol. The number of oxazole rings is 1. The number of halogens is 1. The molecule has 9 nitrogen and oxygen atoms in total. The molecule has 4 aromatic rings. The Balaban J connectivity index is 1.65. The van der Waals surface area contributed by atoms with Crippen LogP contribution in [0.5, 0.6) is 5.75 Å². The predicted molar refractivity (Wildman–Crippen MR) is 140 cm³/mol. The quantitative estimate of drug-likeness (QED) is 0.198. The first-order chi connectivity index (χ1) is 17.9. The highest BCUT2D eigenvalue weighted by molar-refractivity contribution is 7.98. The number of aliphatic hydroxyl groups excluding tert-OH is 2. The van der Waals surface area contributed by atoms with Crippen molar-refractivity contribution in [3.8, 4) is 34.3 Å². The molecule has 37 heavy (non-hydrogen) atoms. The Bertz CT molecular complexity index is 1480. The van der Waals surface area contributed by atoms with Gasteiger partial charge in [0.1, 0.15) is 35.4 Å². The highest BCUT2D eigenvalue weighted by Crippen LogP contribution is 2.42. The number of benzene rings is 2. The van der Waals surface area contributed by atoms with Crippen LogP contribution in [0.4, 0.5) is 11.5 Å². The SMILES string of the molecule is [C-]#[N+]c1c(N)nc(SCc2ncoc2-c2ccc(Cl)cc2)c(C#N)c1-c1ccc(OC[C@@H](O)CO)cc1. The van der Waals surface area contributed by atoms with Gasteiger partial charge in [-0.3, -0.25) is 0 Å². The van der Waals surface area contributed by atoms with Gasteiger partial charge in [0.25, 0.3) is 0 Å². The van der Waals surface area contributed by atoms with E-state index in [2.05, 4.69) is 20.9 Å². The third-order valence-electron chi connectivity index (χ3n) is 5.28. The smallest absolute Gasteiger partial charge is 0.236 e. The van der Waals surface area contributed by atoms with Crippen molar-refractivity contribution in [1.82, 2.24) is 9.97 Å². The maximum absolute atomic E-state index is 10.0. The average Bonchev–Trinajstić information content (AvgIpc) is 3.39. The second kappa shape index (κ2) is 11.8. The number of rotatable bonds is 9. The molecule has 4 rings (SSSR count). The number of nitrogen functional groups attached to an aromatic ring is 1. The molecule has 0 bridgehead atoms. The van der Waals surface area contributed by atoms with Crippen LogP contribution < -0.4 is 10.5 Å². The van der Waals surface area contributed by atoms with Crippen LogP contribution in [0, 0.1) is 17.9 Å². The second-order valence-corrected chi connectivity index (χ2v) is 9.12. The highest BCUT2D eigenvalue weighted by atomic mass is 35.5. The van der Waals surface area contributed by atoms with E-state index >= 15 is 0 Å². The van der Waals surface area contributed by atoms with Gasteiger partial charge in [-0.1, -0.05) is 35.5 Å². The minimum absolute atomic E-state index is 0.0102. The minimum atomic E-state index is -0.997. The van der Waals surface area contributed by atoms with E-state index in [1.165, 1.54) is 18.2 Å². The molecule has 2 aromatic carbocycles. The third-order valence-corrected chi connectivity index (χ3v) is 6.52. The Labute approximate surface area is 221 Å². The first kappa shape index (κ1) is 26.0. The molecule has 0 saturated heterocycles. The number of hydrogen-bond acceptors (Lipinski definition) is 9. The summed E-state index contributed by atoms with van der Waals surface area (Å²) in [7, 11) is 0. The van der Waals surface area contributed by atoms with E-state index < -0.39 is 12.7 Å². The molecular weight excluding hydrogens is 514 g/mol. The summed E-state index contributed by atoms with van der Waals surface area (Å²) in [5.41, 5.74) is 8.83.